The molecular weight excluding hydrogens is 408 g/mol. The second kappa shape index (κ2) is 7.55. The van der Waals surface area contributed by atoms with Crippen LogP contribution >= 0.6 is 11.6 Å². The number of methoxy groups -OCH3 is 1. The van der Waals surface area contributed by atoms with Crippen LogP contribution in [0.15, 0.2) is 83.8 Å². The molecule has 2 N–H and O–H groups in total. The molecule has 29 heavy (non-hydrogen) atoms. The van der Waals surface area contributed by atoms with E-state index in [1.54, 1.807) is 66.7 Å². The minimum absolute atomic E-state index is 0.188. The van der Waals surface area contributed by atoms with E-state index in [-0.39, 0.29) is 4.90 Å². The van der Waals surface area contributed by atoms with Gasteiger partial charge in [0, 0.05) is 16.0 Å². The van der Waals surface area contributed by atoms with Crippen LogP contribution in [0.25, 0.3) is 10.9 Å². The largest absolute Gasteiger partial charge is 0.496 e. The maximum Gasteiger partial charge on any atom is 0.268 e. The van der Waals surface area contributed by atoms with Gasteiger partial charge >= 0.3 is 0 Å². The lowest BCUT2D eigenvalue weighted by molar-refractivity contribution is 0.407. The summed E-state index contributed by atoms with van der Waals surface area (Å²) in [5, 5.41) is 1.27. The summed E-state index contributed by atoms with van der Waals surface area (Å²) in [6.45, 7) is 0. The van der Waals surface area contributed by atoms with Crippen molar-refractivity contribution in [2.75, 3.05) is 7.11 Å². The molecule has 0 saturated heterocycles. The lowest BCUT2D eigenvalue weighted by atomic mass is 10.0. The summed E-state index contributed by atoms with van der Waals surface area (Å²) in [5.74, 6) is 0.538. The van der Waals surface area contributed by atoms with Gasteiger partial charge in [-0.15, -0.1) is 0 Å². The Kier molecular flexibility index (Phi) is 5.08. The highest BCUT2D eigenvalue weighted by atomic mass is 35.5. The maximum atomic E-state index is 13.5. The molecule has 1 aromatic heterocycles. The predicted molar refractivity (Wildman–Crippen MR) is 115 cm³/mol. The molecule has 0 saturated carbocycles. The molecule has 4 rings (SSSR count). The Labute approximate surface area is 174 Å². The highest BCUT2D eigenvalue weighted by molar-refractivity contribution is 7.90. The zero-order valence-corrected chi connectivity index (χ0v) is 17.2. The number of nitrogens with two attached hydrogens (primary N) is 1. The van der Waals surface area contributed by atoms with E-state index < -0.39 is 16.1 Å². The van der Waals surface area contributed by atoms with Crippen LogP contribution in [0, 0.1) is 0 Å². The summed E-state index contributed by atoms with van der Waals surface area (Å²) in [6.07, 6.45) is 0. The van der Waals surface area contributed by atoms with Gasteiger partial charge in [0.1, 0.15) is 5.75 Å². The van der Waals surface area contributed by atoms with E-state index in [1.165, 1.54) is 11.1 Å². The molecule has 0 radical (unpaired) electrons. The molecule has 0 unspecified atom stereocenters. The summed E-state index contributed by atoms with van der Waals surface area (Å²) in [4.78, 5) is 0.188. The van der Waals surface area contributed by atoms with Crippen LogP contribution in [0.4, 0.5) is 0 Å². The number of halogens is 1. The van der Waals surface area contributed by atoms with Crippen molar-refractivity contribution in [2.45, 2.75) is 10.9 Å². The fourth-order valence-electron chi connectivity index (χ4n) is 3.44. The molecule has 0 aliphatic heterocycles. The van der Waals surface area contributed by atoms with Crippen molar-refractivity contribution in [3.8, 4) is 5.75 Å². The highest BCUT2D eigenvalue weighted by Crippen LogP contribution is 2.35. The van der Waals surface area contributed by atoms with Gasteiger partial charge < -0.3 is 10.5 Å². The van der Waals surface area contributed by atoms with Crippen LogP contribution in [0.2, 0.25) is 5.02 Å². The van der Waals surface area contributed by atoms with E-state index in [0.29, 0.717) is 27.5 Å². The third-order valence-electron chi connectivity index (χ3n) is 4.82. The first-order chi connectivity index (χ1) is 13.9. The van der Waals surface area contributed by atoms with Crippen molar-refractivity contribution in [2.24, 2.45) is 5.73 Å². The molecule has 1 heterocycles. The standard InChI is InChI=1S/C22H19ClN2O3S/c1-28-21-12-11-16(23)14-18(21)22(24)20-13-15-7-5-6-10-19(15)25(20)29(26,27)17-8-3-2-4-9-17/h2-14,22H,24H2,1H3/t22-/m1/s1. The quantitative estimate of drug-likeness (QED) is 0.506. The van der Waals surface area contributed by atoms with Gasteiger partial charge in [-0.3, -0.25) is 0 Å². The minimum Gasteiger partial charge on any atom is -0.496 e. The molecule has 0 bridgehead atoms. The highest BCUT2D eigenvalue weighted by Gasteiger charge is 2.27. The molecule has 5 nitrogen and oxygen atoms in total. The van der Waals surface area contributed by atoms with E-state index in [2.05, 4.69) is 0 Å². The van der Waals surface area contributed by atoms with Gasteiger partial charge in [0.05, 0.1) is 29.3 Å². The smallest absolute Gasteiger partial charge is 0.268 e. The van der Waals surface area contributed by atoms with Gasteiger partial charge in [-0.05, 0) is 42.5 Å². The number of ether oxygens (including phenoxy) is 1. The van der Waals surface area contributed by atoms with Gasteiger partial charge in [0.15, 0.2) is 0 Å². The number of hydrogen-bond acceptors (Lipinski definition) is 4. The molecule has 1 atom stereocenters. The first-order valence-corrected chi connectivity index (χ1v) is 10.8. The molecule has 3 aromatic carbocycles. The topological polar surface area (TPSA) is 74.3 Å². The molecular formula is C22H19ClN2O3S. The van der Waals surface area contributed by atoms with E-state index in [4.69, 9.17) is 22.1 Å². The van der Waals surface area contributed by atoms with Crippen LogP contribution in [-0.4, -0.2) is 19.5 Å². The minimum atomic E-state index is -3.87. The fraction of sp³-hybridized carbons (Fsp3) is 0.0909. The van der Waals surface area contributed by atoms with Crippen molar-refractivity contribution in [3.05, 3.63) is 95.1 Å². The van der Waals surface area contributed by atoms with Crippen LogP contribution < -0.4 is 10.5 Å². The average Bonchev–Trinajstić information content (AvgIpc) is 3.14. The number of nitrogens with zero attached hydrogens (tertiary/aromatic N) is 1. The normalized spacial score (nSPS) is 12.8. The molecule has 4 aromatic rings. The molecule has 0 amide bonds. The summed E-state index contributed by atoms with van der Waals surface area (Å²) in [5.41, 5.74) is 8.17. The summed E-state index contributed by atoms with van der Waals surface area (Å²) in [6, 6.07) is 21.7. The van der Waals surface area contributed by atoms with E-state index in [1.807, 2.05) is 12.1 Å². The Morgan fingerprint density at radius 3 is 2.38 bits per heavy atom. The van der Waals surface area contributed by atoms with Gasteiger partial charge in [-0.25, -0.2) is 12.4 Å². The Balaban J connectivity index is 2.00. The van der Waals surface area contributed by atoms with Crippen LogP contribution in [0.5, 0.6) is 5.75 Å². The lowest BCUT2D eigenvalue weighted by Gasteiger charge is -2.19. The number of para-hydroxylation sites is 1. The molecule has 7 heteroatoms. The number of rotatable bonds is 5. The Hall–Kier alpha value is -2.80. The fourth-order valence-corrected chi connectivity index (χ4v) is 5.20. The van der Waals surface area contributed by atoms with E-state index >= 15 is 0 Å². The van der Waals surface area contributed by atoms with Crippen molar-refractivity contribution >= 4 is 32.5 Å². The number of benzene rings is 3. The monoisotopic (exact) mass is 426 g/mol. The number of aromatic nitrogens is 1. The second-order valence-electron chi connectivity index (χ2n) is 6.57. The first-order valence-electron chi connectivity index (χ1n) is 8.93. The molecule has 0 spiro atoms. The summed E-state index contributed by atoms with van der Waals surface area (Å²) in [7, 11) is -2.34. The van der Waals surface area contributed by atoms with Gasteiger partial charge in [-0.1, -0.05) is 48.0 Å². The second-order valence-corrected chi connectivity index (χ2v) is 8.80. The van der Waals surface area contributed by atoms with Crippen molar-refractivity contribution in [1.29, 1.82) is 0 Å². The van der Waals surface area contributed by atoms with Gasteiger partial charge in [0.25, 0.3) is 10.0 Å². The SMILES string of the molecule is COc1ccc(Cl)cc1[C@@H](N)c1cc2ccccc2n1S(=O)(=O)c1ccccc1. The van der Waals surface area contributed by atoms with E-state index in [0.717, 1.165) is 5.39 Å². The molecule has 0 aliphatic rings. The third kappa shape index (κ3) is 3.40. The number of fused-ring (bicyclic) bond motifs is 1. The first kappa shape index (κ1) is 19.5. The third-order valence-corrected chi connectivity index (χ3v) is 6.81. The van der Waals surface area contributed by atoms with Crippen LogP contribution in [0.3, 0.4) is 0 Å². The van der Waals surface area contributed by atoms with Gasteiger partial charge in [-0.2, -0.15) is 0 Å². The Morgan fingerprint density at radius 1 is 0.966 bits per heavy atom. The van der Waals surface area contributed by atoms with Crippen molar-refractivity contribution in [1.82, 2.24) is 3.97 Å². The Bertz CT molecular complexity index is 1280. The molecule has 0 aliphatic carbocycles. The average molecular weight is 427 g/mol. The van der Waals surface area contributed by atoms with Crippen molar-refractivity contribution < 1.29 is 13.2 Å². The summed E-state index contributed by atoms with van der Waals surface area (Å²) < 4.78 is 33.8. The van der Waals surface area contributed by atoms with Crippen molar-refractivity contribution in [3.63, 3.8) is 0 Å². The zero-order chi connectivity index (χ0) is 20.6. The summed E-state index contributed by atoms with van der Waals surface area (Å²) >= 11 is 6.17. The predicted octanol–water partition coefficient (Wildman–Crippen LogP) is 4.59. The molecule has 0 fully saturated rings. The van der Waals surface area contributed by atoms with E-state index in [9.17, 15) is 8.42 Å². The maximum absolute atomic E-state index is 13.5. The number of hydrogen-bond donors (Lipinski definition) is 1. The van der Waals surface area contributed by atoms with Gasteiger partial charge in [0.2, 0.25) is 0 Å². The van der Waals surface area contributed by atoms with Crippen LogP contribution in [0.1, 0.15) is 17.3 Å². The zero-order valence-electron chi connectivity index (χ0n) is 15.6. The lowest BCUT2D eigenvalue weighted by Crippen LogP contribution is -2.22. The Morgan fingerprint density at radius 2 is 1.66 bits per heavy atom. The van der Waals surface area contributed by atoms with Crippen LogP contribution in [-0.2, 0) is 10.0 Å². The molecule has 148 valence electrons.